The number of para-hydroxylation sites is 1. The van der Waals surface area contributed by atoms with Gasteiger partial charge in [0.1, 0.15) is 12.1 Å². The van der Waals surface area contributed by atoms with Gasteiger partial charge in [-0.05, 0) is 37.3 Å². The number of carbonyl (C=O) groups excluding carboxylic acids is 1. The number of anilines is 4. The number of aromatic nitrogens is 2. The van der Waals surface area contributed by atoms with Crippen LogP contribution in [0.15, 0.2) is 54.9 Å². The van der Waals surface area contributed by atoms with Crippen molar-refractivity contribution in [3.63, 3.8) is 0 Å². The lowest BCUT2D eigenvalue weighted by Gasteiger charge is -2.11. The highest BCUT2D eigenvalue weighted by Crippen LogP contribution is 2.33. The van der Waals surface area contributed by atoms with Crippen molar-refractivity contribution in [2.24, 2.45) is 0 Å². The molecule has 29 heavy (non-hydrogen) atoms. The molecular weight excluding hydrogens is 381 g/mol. The Morgan fingerprint density at radius 1 is 1.14 bits per heavy atom. The third-order valence-corrected chi connectivity index (χ3v) is 3.77. The second kappa shape index (κ2) is 8.74. The van der Waals surface area contributed by atoms with Gasteiger partial charge in [0.2, 0.25) is 11.6 Å². The fourth-order valence-corrected chi connectivity index (χ4v) is 2.50. The second-order valence-electron chi connectivity index (χ2n) is 5.71. The Hall–Kier alpha value is -4.08. The minimum absolute atomic E-state index is 0.0320. The number of esters is 1. The standard InChI is InChI=1S/C19H16FN5O4/c1-2-29-19(26)12-6-5-7-13(10-12)23-17-16(25(27)28)18(22-11-21-17)24-15-9-4-3-8-14(15)20/h3-11H,2H2,1H3,(H2,21,22,23,24). The summed E-state index contributed by atoms with van der Waals surface area (Å²) in [6, 6.07) is 12.0. The smallest absolute Gasteiger partial charge is 0.353 e. The first-order valence-electron chi connectivity index (χ1n) is 8.54. The summed E-state index contributed by atoms with van der Waals surface area (Å²) in [5, 5.41) is 17.1. The Balaban J connectivity index is 1.94. The molecule has 10 heteroatoms. The van der Waals surface area contributed by atoms with E-state index in [0.717, 1.165) is 6.33 Å². The van der Waals surface area contributed by atoms with Gasteiger partial charge in [-0.1, -0.05) is 18.2 Å². The van der Waals surface area contributed by atoms with Crippen LogP contribution in [0.1, 0.15) is 17.3 Å². The Labute approximate surface area is 164 Å². The normalized spacial score (nSPS) is 10.3. The molecule has 3 rings (SSSR count). The number of nitrogens with zero attached hydrogens (tertiary/aromatic N) is 3. The molecule has 0 aliphatic heterocycles. The maximum Gasteiger partial charge on any atom is 0.353 e. The summed E-state index contributed by atoms with van der Waals surface area (Å²) in [7, 11) is 0. The zero-order valence-corrected chi connectivity index (χ0v) is 15.3. The van der Waals surface area contributed by atoms with Crippen LogP contribution in [0.4, 0.5) is 33.1 Å². The molecule has 0 aliphatic carbocycles. The van der Waals surface area contributed by atoms with E-state index in [2.05, 4.69) is 20.6 Å². The van der Waals surface area contributed by atoms with Crippen LogP contribution < -0.4 is 10.6 Å². The monoisotopic (exact) mass is 397 g/mol. The zero-order valence-electron chi connectivity index (χ0n) is 15.3. The number of halogens is 1. The van der Waals surface area contributed by atoms with Crippen molar-refractivity contribution >= 4 is 34.7 Å². The van der Waals surface area contributed by atoms with E-state index in [-0.39, 0.29) is 29.5 Å². The summed E-state index contributed by atoms with van der Waals surface area (Å²) in [5.41, 5.74) is 0.217. The molecule has 0 amide bonds. The largest absolute Gasteiger partial charge is 0.462 e. The van der Waals surface area contributed by atoms with E-state index in [1.54, 1.807) is 31.2 Å². The highest BCUT2D eigenvalue weighted by atomic mass is 19.1. The van der Waals surface area contributed by atoms with Crippen molar-refractivity contribution in [3.8, 4) is 0 Å². The lowest BCUT2D eigenvalue weighted by Crippen LogP contribution is -2.07. The first-order chi connectivity index (χ1) is 14.0. The number of rotatable bonds is 7. The maximum absolute atomic E-state index is 13.9. The van der Waals surface area contributed by atoms with Crippen LogP contribution in [0.3, 0.4) is 0 Å². The molecule has 0 unspecified atom stereocenters. The molecule has 3 aromatic rings. The van der Waals surface area contributed by atoms with E-state index in [1.807, 2.05) is 0 Å². The molecule has 1 heterocycles. The molecule has 0 spiro atoms. The van der Waals surface area contributed by atoms with Gasteiger partial charge in [-0.3, -0.25) is 10.1 Å². The van der Waals surface area contributed by atoms with Gasteiger partial charge < -0.3 is 15.4 Å². The Kier molecular flexibility index (Phi) is 5.93. The molecule has 0 saturated carbocycles. The average molecular weight is 397 g/mol. The van der Waals surface area contributed by atoms with Gasteiger partial charge in [0.25, 0.3) is 0 Å². The van der Waals surface area contributed by atoms with E-state index >= 15 is 0 Å². The van der Waals surface area contributed by atoms with Crippen molar-refractivity contribution in [2.45, 2.75) is 6.92 Å². The predicted octanol–water partition coefficient (Wildman–Crippen LogP) is 4.19. The molecule has 148 valence electrons. The van der Waals surface area contributed by atoms with Crippen molar-refractivity contribution in [2.75, 3.05) is 17.2 Å². The molecular formula is C19H16FN5O4. The van der Waals surface area contributed by atoms with E-state index < -0.39 is 22.4 Å². The summed E-state index contributed by atoms with van der Waals surface area (Å²) in [4.78, 5) is 30.6. The number of ether oxygens (including phenoxy) is 1. The second-order valence-corrected chi connectivity index (χ2v) is 5.71. The first kappa shape index (κ1) is 19.7. The zero-order chi connectivity index (χ0) is 20.8. The predicted molar refractivity (Wildman–Crippen MR) is 104 cm³/mol. The molecule has 0 fully saturated rings. The molecule has 2 aromatic carbocycles. The van der Waals surface area contributed by atoms with E-state index in [4.69, 9.17) is 4.74 Å². The van der Waals surface area contributed by atoms with Crippen LogP contribution >= 0.6 is 0 Å². The highest BCUT2D eigenvalue weighted by Gasteiger charge is 2.24. The summed E-state index contributed by atoms with van der Waals surface area (Å²) in [5.74, 6) is -1.41. The summed E-state index contributed by atoms with van der Waals surface area (Å²) < 4.78 is 18.8. The number of hydrogen-bond acceptors (Lipinski definition) is 8. The van der Waals surface area contributed by atoms with Crippen molar-refractivity contribution in [1.29, 1.82) is 0 Å². The fourth-order valence-electron chi connectivity index (χ4n) is 2.50. The molecule has 0 radical (unpaired) electrons. The number of nitro groups is 1. The number of carbonyl (C=O) groups is 1. The molecule has 0 saturated heterocycles. The Bertz CT molecular complexity index is 1060. The first-order valence-corrected chi connectivity index (χ1v) is 8.54. The van der Waals surface area contributed by atoms with Crippen LogP contribution in [0.2, 0.25) is 0 Å². The molecule has 0 atom stereocenters. The molecule has 0 bridgehead atoms. The number of benzene rings is 2. The van der Waals surface area contributed by atoms with E-state index in [0.29, 0.717) is 5.69 Å². The van der Waals surface area contributed by atoms with Crippen LogP contribution in [0, 0.1) is 15.9 Å². The highest BCUT2D eigenvalue weighted by molar-refractivity contribution is 5.91. The van der Waals surface area contributed by atoms with E-state index in [1.165, 1.54) is 24.3 Å². The quantitative estimate of drug-likeness (QED) is 0.346. The van der Waals surface area contributed by atoms with Crippen molar-refractivity contribution in [1.82, 2.24) is 9.97 Å². The van der Waals surface area contributed by atoms with Crippen molar-refractivity contribution in [3.05, 3.63) is 76.4 Å². The molecule has 1 aromatic heterocycles. The summed E-state index contributed by atoms with van der Waals surface area (Å²) in [6.45, 7) is 1.91. The van der Waals surface area contributed by atoms with Crippen LogP contribution in [-0.4, -0.2) is 27.5 Å². The van der Waals surface area contributed by atoms with Gasteiger partial charge in [0, 0.05) is 5.69 Å². The number of nitrogens with one attached hydrogen (secondary N) is 2. The van der Waals surface area contributed by atoms with Gasteiger partial charge in [0.05, 0.1) is 22.8 Å². The summed E-state index contributed by atoms with van der Waals surface area (Å²) >= 11 is 0. The van der Waals surface area contributed by atoms with Gasteiger partial charge in [-0.2, -0.15) is 0 Å². The van der Waals surface area contributed by atoms with Gasteiger partial charge >= 0.3 is 11.7 Å². The third kappa shape index (κ3) is 4.61. The molecule has 2 N–H and O–H groups in total. The molecule has 0 aliphatic rings. The van der Waals surface area contributed by atoms with Crippen LogP contribution in [-0.2, 0) is 4.74 Å². The van der Waals surface area contributed by atoms with Crippen molar-refractivity contribution < 1.29 is 18.8 Å². The van der Waals surface area contributed by atoms with Gasteiger partial charge in [-0.15, -0.1) is 0 Å². The van der Waals surface area contributed by atoms with Crippen LogP contribution in [0.5, 0.6) is 0 Å². The lowest BCUT2D eigenvalue weighted by molar-refractivity contribution is -0.383. The van der Waals surface area contributed by atoms with Gasteiger partial charge in [0.15, 0.2) is 0 Å². The minimum atomic E-state index is -0.680. The number of hydrogen-bond donors (Lipinski definition) is 2. The Morgan fingerprint density at radius 2 is 1.86 bits per heavy atom. The third-order valence-electron chi connectivity index (χ3n) is 3.77. The summed E-state index contributed by atoms with van der Waals surface area (Å²) in [6.07, 6.45) is 1.10. The minimum Gasteiger partial charge on any atom is -0.462 e. The SMILES string of the molecule is CCOC(=O)c1cccc(Nc2ncnc(Nc3ccccc3F)c2[N+](=O)[O-])c1. The van der Waals surface area contributed by atoms with Gasteiger partial charge in [-0.25, -0.2) is 19.2 Å². The topological polar surface area (TPSA) is 119 Å². The average Bonchev–Trinajstić information content (AvgIpc) is 2.70. The van der Waals surface area contributed by atoms with Crippen LogP contribution in [0.25, 0.3) is 0 Å². The fraction of sp³-hybridized carbons (Fsp3) is 0.105. The lowest BCUT2D eigenvalue weighted by atomic mass is 10.2. The molecule has 9 nitrogen and oxygen atoms in total. The Morgan fingerprint density at radius 3 is 2.55 bits per heavy atom. The maximum atomic E-state index is 13.9. The van der Waals surface area contributed by atoms with E-state index in [9.17, 15) is 19.3 Å².